The minimum Gasteiger partial charge on any atom is -0.548 e. The number of hydrogen-bond acceptors (Lipinski definition) is 4. The van der Waals surface area contributed by atoms with Gasteiger partial charge < -0.3 is 9.90 Å². The molecule has 0 radical (unpaired) electrons. The van der Waals surface area contributed by atoms with Crippen LogP contribution in [-0.4, -0.2) is 26.7 Å². The summed E-state index contributed by atoms with van der Waals surface area (Å²) >= 11 is 0. The largest absolute Gasteiger partial charge is 0.548 e. The van der Waals surface area contributed by atoms with Crippen molar-refractivity contribution in [3.05, 3.63) is 0 Å². The third kappa shape index (κ3) is 4.28. The lowest BCUT2D eigenvalue weighted by Gasteiger charge is -2.11. The Bertz CT molecular complexity index is 219. The van der Waals surface area contributed by atoms with Crippen LogP contribution in [0, 0.1) is 0 Å². The highest BCUT2D eigenvalue weighted by Crippen LogP contribution is 1.81. The van der Waals surface area contributed by atoms with Crippen molar-refractivity contribution >= 4 is 16.0 Å². The van der Waals surface area contributed by atoms with E-state index in [1.54, 1.807) is 0 Å². The SMILES string of the molecule is C[C@@H](NS(C)(=O)=O)C(=O)[O-]. The highest BCUT2D eigenvalue weighted by Gasteiger charge is 2.07. The Labute approximate surface area is 59.1 Å². The summed E-state index contributed by atoms with van der Waals surface area (Å²) in [5, 5.41) is 9.94. The normalized spacial score (nSPS) is 14.6. The average molecular weight is 166 g/mol. The summed E-state index contributed by atoms with van der Waals surface area (Å²) in [6.45, 7) is 1.19. The fourth-order valence-electron chi connectivity index (χ4n) is 0.369. The Morgan fingerprint density at radius 3 is 2.10 bits per heavy atom. The van der Waals surface area contributed by atoms with E-state index in [4.69, 9.17) is 0 Å². The highest BCUT2D eigenvalue weighted by molar-refractivity contribution is 7.88. The van der Waals surface area contributed by atoms with Gasteiger partial charge in [0.1, 0.15) is 0 Å². The topological polar surface area (TPSA) is 86.3 Å². The first-order chi connectivity index (χ1) is 4.33. The van der Waals surface area contributed by atoms with E-state index in [0.29, 0.717) is 0 Å². The van der Waals surface area contributed by atoms with Gasteiger partial charge in [0.2, 0.25) is 10.0 Å². The maximum Gasteiger partial charge on any atom is 0.209 e. The molecule has 0 heterocycles. The van der Waals surface area contributed by atoms with Gasteiger partial charge in [0, 0.05) is 0 Å². The van der Waals surface area contributed by atoms with Crippen molar-refractivity contribution in [2.24, 2.45) is 0 Å². The zero-order chi connectivity index (χ0) is 8.36. The maximum atomic E-state index is 10.3. The third-order valence-electron chi connectivity index (χ3n) is 0.744. The van der Waals surface area contributed by atoms with Crippen molar-refractivity contribution < 1.29 is 18.3 Å². The molecule has 0 aromatic rings. The first-order valence-corrected chi connectivity index (χ1v) is 4.40. The summed E-state index contributed by atoms with van der Waals surface area (Å²) in [7, 11) is -3.44. The van der Waals surface area contributed by atoms with Crippen molar-refractivity contribution in [3.8, 4) is 0 Å². The number of aliphatic carboxylic acids is 1. The van der Waals surface area contributed by atoms with Crippen LogP contribution in [0.2, 0.25) is 0 Å². The maximum absolute atomic E-state index is 10.3. The van der Waals surface area contributed by atoms with Gasteiger partial charge >= 0.3 is 0 Å². The molecular formula is C4H8NO4S-. The summed E-state index contributed by atoms with van der Waals surface area (Å²) in [6, 6.07) is -1.17. The highest BCUT2D eigenvalue weighted by atomic mass is 32.2. The van der Waals surface area contributed by atoms with E-state index in [-0.39, 0.29) is 0 Å². The van der Waals surface area contributed by atoms with Gasteiger partial charge in [-0.2, -0.15) is 0 Å². The molecular weight excluding hydrogens is 158 g/mol. The fraction of sp³-hybridized carbons (Fsp3) is 0.750. The molecule has 0 saturated carbocycles. The van der Waals surface area contributed by atoms with Gasteiger partial charge in [-0.05, 0) is 6.92 Å². The van der Waals surface area contributed by atoms with Crippen LogP contribution < -0.4 is 9.83 Å². The Hall–Kier alpha value is -0.620. The lowest BCUT2D eigenvalue weighted by molar-refractivity contribution is -0.307. The van der Waals surface area contributed by atoms with Gasteiger partial charge in [-0.1, -0.05) is 0 Å². The third-order valence-corrected chi connectivity index (χ3v) is 1.53. The molecule has 0 spiro atoms. The van der Waals surface area contributed by atoms with Gasteiger partial charge in [0.05, 0.1) is 18.3 Å². The van der Waals surface area contributed by atoms with E-state index in [0.717, 1.165) is 6.26 Å². The Balaban J connectivity index is 4.06. The fourth-order valence-corrected chi connectivity index (χ4v) is 1.11. The van der Waals surface area contributed by atoms with Gasteiger partial charge in [0.25, 0.3) is 0 Å². The van der Waals surface area contributed by atoms with E-state index in [9.17, 15) is 18.3 Å². The quantitative estimate of drug-likeness (QED) is 0.509. The summed E-state index contributed by atoms with van der Waals surface area (Å²) in [5.41, 5.74) is 0. The number of carbonyl (C=O) groups is 1. The number of hydrogen-bond donors (Lipinski definition) is 1. The summed E-state index contributed by atoms with van der Waals surface area (Å²) in [6.07, 6.45) is 0.881. The lowest BCUT2D eigenvalue weighted by Crippen LogP contribution is -2.45. The van der Waals surface area contributed by atoms with Crippen LogP contribution in [0.3, 0.4) is 0 Å². The molecule has 60 valence electrons. The van der Waals surface area contributed by atoms with Gasteiger partial charge in [0.15, 0.2) is 0 Å². The minimum absolute atomic E-state index is 0.881. The van der Waals surface area contributed by atoms with Gasteiger partial charge in [-0.25, -0.2) is 13.1 Å². The van der Waals surface area contributed by atoms with Crippen LogP contribution in [0.5, 0.6) is 0 Å². The monoisotopic (exact) mass is 166 g/mol. The van der Waals surface area contributed by atoms with Crippen LogP contribution in [0.15, 0.2) is 0 Å². The lowest BCUT2D eigenvalue weighted by atomic mass is 10.4. The molecule has 10 heavy (non-hydrogen) atoms. The van der Waals surface area contributed by atoms with E-state index >= 15 is 0 Å². The van der Waals surface area contributed by atoms with Crippen LogP contribution >= 0.6 is 0 Å². The predicted molar refractivity (Wildman–Crippen MR) is 32.4 cm³/mol. The number of rotatable bonds is 3. The molecule has 1 atom stereocenters. The molecule has 0 rings (SSSR count). The number of nitrogens with one attached hydrogen (secondary N) is 1. The molecule has 0 bridgehead atoms. The first kappa shape index (κ1) is 9.38. The van der Waals surface area contributed by atoms with Gasteiger partial charge in [-0.15, -0.1) is 0 Å². The predicted octanol–water partition coefficient (Wildman–Crippen LogP) is -2.33. The molecule has 1 N–H and O–H groups in total. The van der Waals surface area contributed by atoms with Crippen molar-refractivity contribution in [1.29, 1.82) is 0 Å². The number of carboxylic acids is 1. The summed E-state index contributed by atoms with van der Waals surface area (Å²) in [5.74, 6) is -1.44. The van der Waals surface area contributed by atoms with Crippen LogP contribution in [-0.2, 0) is 14.8 Å². The molecule has 0 aromatic heterocycles. The van der Waals surface area contributed by atoms with Crippen molar-refractivity contribution in [3.63, 3.8) is 0 Å². The summed E-state index contributed by atoms with van der Waals surface area (Å²) in [4.78, 5) is 9.94. The van der Waals surface area contributed by atoms with Crippen LogP contribution in [0.25, 0.3) is 0 Å². The van der Waals surface area contributed by atoms with E-state index < -0.39 is 22.0 Å². The molecule has 0 fully saturated rings. The van der Waals surface area contributed by atoms with Crippen LogP contribution in [0.1, 0.15) is 6.92 Å². The molecule has 0 aliphatic carbocycles. The van der Waals surface area contributed by atoms with Crippen molar-refractivity contribution in [2.45, 2.75) is 13.0 Å². The Morgan fingerprint density at radius 1 is 1.60 bits per heavy atom. The second-order valence-electron chi connectivity index (χ2n) is 1.93. The van der Waals surface area contributed by atoms with Crippen molar-refractivity contribution in [2.75, 3.05) is 6.26 Å². The van der Waals surface area contributed by atoms with Gasteiger partial charge in [-0.3, -0.25) is 0 Å². The smallest absolute Gasteiger partial charge is 0.209 e. The second kappa shape index (κ2) is 2.98. The molecule has 5 nitrogen and oxygen atoms in total. The zero-order valence-corrected chi connectivity index (χ0v) is 6.44. The Morgan fingerprint density at radius 2 is 2.00 bits per heavy atom. The number of carboxylic acid groups (broad SMARTS) is 1. The summed E-state index contributed by atoms with van der Waals surface area (Å²) < 4.78 is 22.5. The number of sulfonamides is 1. The van der Waals surface area contributed by atoms with E-state index in [1.165, 1.54) is 6.92 Å². The zero-order valence-electron chi connectivity index (χ0n) is 5.62. The van der Waals surface area contributed by atoms with E-state index in [1.807, 2.05) is 4.72 Å². The molecule has 6 heteroatoms. The number of carbonyl (C=O) groups excluding carboxylic acids is 1. The minimum atomic E-state index is -3.44. The molecule has 0 aliphatic heterocycles. The molecule has 0 unspecified atom stereocenters. The van der Waals surface area contributed by atoms with Crippen LogP contribution in [0.4, 0.5) is 0 Å². The molecule has 0 aromatic carbocycles. The van der Waals surface area contributed by atoms with Crippen molar-refractivity contribution in [1.82, 2.24) is 4.72 Å². The second-order valence-corrected chi connectivity index (χ2v) is 3.71. The van der Waals surface area contributed by atoms with E-state index in [2.05, 4.69) is 0 Å². The standard InChI is InChI=1S/C4H9NO4S/c1-3(4(6)7)5-10(2,8)9/h3,5H,1-2H3,(H,6,7)/p-1/t3-/m1/s1. The molecule has 0 saturated heterocycles. The Kier molecular flexibility index (Phi) is 2.79. The first-order valence-electron chi connectivity index (χ1n) is 2.51. The molecule has 0 amide bonds. The average Bonchev–Trinajstić information content (AvgIpc) is 1.60. The molecule has 0 aliphatic rings.